The number of imidazole rings is 1. The van der Waals surface area contributed by atoms with Crippen molar-refractivity contribution in [3.8, 4) is 0 Å². The number of hydrogen-bond donors (Lipinski definition) is 2. The van der Waals surface area contributed by atoms with Gasteiger partial charge in [0.15, 0.2) is 5.16 Å². The highest BCUT2D eigenvalue weighted by atomic mass is 35.5. The maximum atomic E-state index is 13.1. The second-order valence-electron chi connectivity index (χ2n) is 4.83. The van der Waals surface area contributed by atoms with E-state index >= 15 is 0 Å². The van der Waals surface area contributed by atoms with E-state index in [2.05, 4.69) is 15.3 Å². The van der Waals surface area contributed by atoms with Gasteiger partial charge in [0.05, 0.1) is 16.1 Å². The summed E-state index contributed by atoms with van der Waals surface area (Å²) in [5.41, 5.74) is 2.36. The predicted octanol–water partition coefficient (Wildman–Crippen LogP) is 4.48. The summed E-state index contributed by atoms with van der Waals surface area (Å²) >= 11 is 7.15. The van der Waals surface area contributed by atoms with Crippen molar-refractivity contribution >= 4 is 46.0 Å². The Bertz CT molecular complexity index is 819. The fraction of sp³-hybridized carbons (Fsp3) is 0.125. The van der Waals surface area contributed by atoms with E-state index in [0.29, 0.717) is 17.9 Å². The van der Waals surface area contributed by atoms with Gasteiger partial charge in [0.1, 0.15) is 5.82 Å². The first-order valence-corrected chi connectivity index (χ1v) is 8.30. The average molecular weight is 350 g/mol. The van der Waals surface area contributed by atoms with Crippen LogP contribution in [-0.4, -0.2) is 21.6 Å². The summed E-state index contributed by atoms with van der Waals surface area (Å²) < 4.78 is 13.1. The Morgan fingerprint density at radius 3 is 2.91 bits per heavy atom. The number of aromatic amines is 1. The molecule has 2 N–H and O–H groups in total. The topological polar surface area (TPSA) is 57.8 Å². The van der Waals surface area contributed by atoms with E-state index in [1.165, 1.54) is 30.0 Å². The lowest BCUT2D eigenvalue weighted by molar-refractivity contribution is -0.115. The van der Waals surface area contributed by atoms with Crippen LogP contribution in [0.4, 0.5) is 10.1 Å². The summed E-state index contributed by atoms with van der Waals surface area (Å²) in [7, 11) is 0. The first-order valence-electron chi connectivity index (χ1n) is 6.94. The Labute approximate surface area is 141 Å². The zero-order chi connectivity index (χ0) is 16.2. The van der Waals surface area contributed by atoms with E-state index in [1.807, 2.05) is 24.3 Å². The van der Waals surface area contributed by atoms with Crippen LogP contribution in [0.2, 0.25) is 5.02 Å². The number of fused-ring (bicyclic) bond motifs is 1. The van der Waals surface area contributed by atoms with E-state index in [1.54, 1.807) is 0 Å². The number of thioether (sulfide) groups is 1. The molecule has 0 spiro atoms. The molecular formula is C16H13ClFN3OS. The number of H-pyrrole nitrogens is 1. The molecule has 0 unspecified atom stereocenters. The largest absolute Gasteiger partial charge is 0.333 e. The number of amides is 1. The second-order valence-corrected chi connectivity index (χ2v) is 6.33. The van der Waals surface area contributed by atoms with Crippen LogP contribution >= 0.6 is 23.4 Å². The lowest BCUT2D eigenvalue weighted by atomic mass is 10.3. The average Bonchev–Trinajstić information content (AvgIpc) is 2.93. The normalized spacial score (nSPS) is 10.9. The third kappa shape index (κ3) is 4.03. The van der Waals surface area contributed by atoms with E-state index < -0.39 is 5.82 Å². The molecule has 3 aromatic rings. The number of hydrogen-bond acceptors (Lipinski definition) is 3. The number of rotatable bonds is 5. The molecule has 0 bridgehead atoms. The molecule has 1 aromatic heterocycles. The molecule has 118 valence electrons. The van der Waals surface area contributed by atoms with Crippen molar-refractivity contribution in [2.24, 2.45) is 0 Å². The van der Waals surface area contributed by atoms with Crippen LogP contribution in [0.1, 0.15) is 6.42 Å². The molecule has 0 aliphatic heterocycles. The van der Waals surface area contributed by atoms with Crippen LogP contribution in [-0.2, 0) is 4.79 Å². The maximum Gasteiger partial charge on any atom is 0.225 e. The number of benzene rings is 2. The zero-order valence-corrected chi connectivity index (χ0v) is 13.5. The molecule has 0 aliphatic rings. The first kappa shape index (κ1) is 15.8. The van der Waals surface area contributed by atoms with E-state index in [0.717, 1.165) is 16.2 Å². The molecule has 2 aromatic carbocycles. The molecule has 3 rings (SSSR count). The zero-order valence-electron chi connectivity index (χ0n) is 12.0. The minimum Gasteiger partial charge on any atom is -0.333 e. The number of aromatic nitrogens is 2. The Kier molecular flexibility index (Phi) is 4.83. The first-order chi connectivity index (χ1) is 11.1. The third-order valence-electron chi connectivity index (χ3n) is 3.14. The SMILES string of the molecule is O=C(CCSc1nc2ccccc2[nH]1)Nc1ccc(F)c(Cl)c1. The number of para-hydroxylation sites is 2. The molecule has 0 saturated heterocycles. The van der Waals surface area contributed by atoms with Crippen molar-refractivity contribution in [1.29, 1.82) is 0 Å². The van der Waals surface area contributed by atoms with Gasteiger partial charge in [-0.25, -0.2) is 9.37 Å². The Balaban J connectivity index is 1.51. The molecule has 1 amide bonds. The highest BCUT2D eigenvalue weighted by Crippen LogP contribution is 2.21. The van der Waals surface area contributed by atoms with Gasteiger partial charge in [0, 0.05) is 17.9 Å². The van der Waals surface area contributed by atoms with Crippen LogP contribution in [0, 0.1) is 5.82 Å². The van der Waals surface area contributed by atoms with Gasteiger partial charge in [-0.05, 0) is 30.3 Å². The summed E-state index contributed by atoms with van der Waals surface area (Å²) in [6.45, 7) is 0. The van der Waals surface area contributed by atoms with E-state index in [9.17, 15) is 9.18 Å². The van der Waals surface area contributed by atoms with Crippen molar-refractivity contribution < 1.29 is 9.18 Å². The Morgan fingerprint density at radius 1 is 1.30 bits per heavy atom. The molecule has 0 radical (unpaired) electrons. The number of carbonyl (C=O) groups excluding carboxylic acids is 1. The van der Waals surface area contributed by atoms with E-state index in [-0.39, 0.29) is 10.9 Å². The summed E-state index contributed by atoms with van der Waals surface area (Å²) in [6.07, 6.45) is 0.316. The standard InChI is InChI=1S/C16H13ClFN3OS/c17-11-9-10(5-6-12(11)18)19-15(22)7-8-23-16-20-13-3-1-2-4-14(13)21-16/h1-6,9H,7-8H2,(H,19,22)(H,20,21). The number of nitrogens with zero attached hydrogens (tertiary/aromatic N) is 1. The van der Waals surface area contributed by atoms with Crippen molar-refractivity contribution in [3.63, 3.8) is 0 Å². The third-order valence-corrected chi connectivity index (χ3v) is 4.30. The van der Waals surface area contributed by atoms with Gasteiger partial charge in [0.2, 0.25) is 5.91 Å². The maximum absolute atomic E-state index is 13.1. The minimum atomic E-state index is -0.509. The number of nitrogens with one attached hydrogen (secondary N) is 2. The molecule has 0 fully saturated rings. The van der Waals surface area contributed by atoms with E-state index in [4.69, 9.17) is 11.6 Å². The molecule has 0 atom stereocenters. The summed E-state index contributed by atoms with van der Waals surface area (Å²) in [5, 5.41) is 3.46. The van der Waals surface area contributed by atoms with Crippen LogP contribution in [0.5, 0.6) is 0 Å². The monoisotopic (exact) mass is 349 g/mol. The Hall–Kier alpha value is -2.05. The van der Waals surface area contributed by atoms with Gasteiger partial charge in [-0.15, -0.1) is 0 Å². The molecule has 4 nitrogen and oxygen atoms in total. The molecule has 0 aliphatic carbocycles. The van der Waals surface area contributed by atoms with Gasteiger partial charge in [0.25, 0.3) is 0 Å². The van der Waals surface area contributed by atoms with Crippen LogP contribution < -0.4 is 5.32 Å². The fourth-order valence-electron chi connectivity index (χ4n) is 2.04. The minimum absolute atomic E-state index is 0.0144. The van der Waals surface area contributed by atoms with Gasteiger partial charge in [-0.1, -0.05) is 35.5 Å². The summed E-state index contributed by atoms with van der Waals surface area (Å²) in [6, 6.07) is 11.8. The van der Waals surface area contributed by atoms with Crippen molar-refractivity contribution in [2.45, 2.75) is 11.6 Å². The molecule has 0 saturated carbocycles. The lowest BCUT2D eigenvalue weighted by Gasteiger charge is -2.05. The Morgan fingerprint density at radius 2 is 2.13 bits per heavy atom. The highest BCUT2D eigenvalue weighted by molar-refractivity contribution is 7.99. The second kappa shape index (κ2) is 7.02. The molecule has 7 heteroatoms. The van der Waals surface area contributed by atoms with Crippen molar-refractivity contribution in [3.05, 3.63) is 53.3 Å². The number of anilines is 1. The quantitative estimate of drug-likeness (QED) is 0.668. The fourth-order valence-corrected chi connectivity index (χ4v) is 3.04. The molecule has 23 heavy (non-hydrogen) atoms. The smallest absolute Gasteiger partial charge is 0.225 e. The number of halogens is 2. The van der Waals surface area contributed by atoms with Gasteiger partial charge in [-0.2, -0.15) is 0 Å². The van der Waals surface area contributed by atoms with Crippen LogP contribution in [0.25, 0.3) is 11.0 Å². The van der Waals surface area contributed by atoms with Gasteiger partial charge >= 0.3 is 0 Å². The lowest BCUT2D eigenvalue weighted by Crippen LogP contribution is -2.12. The number of carbonyl (C=O) groups is 1. The highest BCUT2D eigenvalue weighted by Gasteiger charge is 2.07. The van der Waals surface area contributed by atoms with Crippen molar-refractivity contribution in [2.75, 3.05) is 11.1 Å². The summed E-state index contributed by atoms with van der Waals surface area (Å²) in [4.78, 5) is 19.5. The van der Waals surface area contributed by atoms with Gasteiger partial charge < -0.3 is 10.3 Å². The molecule has 1 heterocycles. The van der Waals surface area contributed by atoms with Gasteiger partial charge in [-0.3, -0.25) is 4.79 Å². The molecular weight excluding hydrogens is 337 g/mol. The summed E-state index contributed by atoms with van der Waals surface area (Å²) in [5.74, 6) is -0.0815. The van der Waals surface area contributed by atoms with Crippen LogP contribution in [0.15, 0.2) is 47.6 Å². The van der Waals surface area contributed by atoms with Crippen molar-refractivity contribution in [1.82, 2.24) is 9.97 Å². The predicted molar refractivity (Wildman–Crippen MR) is 91.5 cm³/mol. The van der Waals surface area contributed by atoms with Crippen LogP contribution in [0.3, 0.4) is 0 Å².